The molecular weight excluding hydrogens is 412 g/mol. The van der Waals surface area contributed by atoms with Crippen molar-refractivity contribution in [3.63, 3.8) is 0 Å². The summed E-state index contributed by atoms with van der Waals surface area (Å²) in [4.78, 5) is 52.4. The SMILES string of the molecule is CCOC(=O)C12CN(Cc3ccco3)C(=O)C1(O)N(NC(N)=O)C(CC)=C2C(=O)OC. The summed E-state index contributed by atoms with van der Waals surface area (Å²) in [6.07, 6.45) is 1.46. The van der Waals surface area contributed by atoms with Crippen LogP contribution in [0.15, 0.2) is 34.1 Å². The average molecular weight is 436 g/mol. The Morgan fingerprint density at radius 1 is 1.35 bits per heavy atom. The molecule has 4 N–H and O–H groups in total. The van der Waals surface area contributed by atoms with Gasteiger partial charge in [0.15, 0.2) is 5.41 Å². The van der Waals surface area contributed by atoms with Crippen LogP contribution < -0.4 is 11.2 Å². The number of allylic oxidation sites excluding steroid dienone is 1. The smallest absolute Gasteiger partial charge is 0.337 e. The molecule has 0 aliphatic carbocycles. The van der Waals surface area contributed by atoms with Crippen LogP contribution >= 0.6 is 0 Å². The zero-order valence-corrected chi connectivity index (χ0v) is 17.3. The van der Waals surface area contributed by atoms with Crippen molar-refractivity contribution in [3.8, 4) is 0 Å². The van der Waals surface area contributed by atoms with Crippen molar-refractivity contribution in [2.75, 3.05) is 20.3 Å². The van der Waals surface area contributed by atoms with Gasteiger partial charge >= 0.3 is 18.0 Å². The third-order valence-corrected chi connectivity index (χ3v) is 5.41. The molecule has 3 rings (SSSR count). The Kier molecular flexibility index (Phi) is 5.68. The molecule has 3 amide bonds. The van der Waals surface area contributed by atoms with E-state index in [0.717, 1.165) is 17.0 Å². The molecule has 1 aromatic heterocycles. The first kappa shape index (κ1) is 22.2. The second kappa shape index (κ2) is 7.95. The standard InChI is InChI=1S/C19H24N4O8/c1-4-12-13(14(24)29-3)18(16(26)30-5-2)10-22(9-11-7-6-8-31-11)15(25)19(18,28)23(12)21-17(20)27/h6-8,28H,4-5,9-10H2,1-3H3,(H3,20,21,27). The normalized spacial score (nSPS) is 25.0. The summed E-state index contributed by atoms with van der Waals surface area (Å²) < 4.78 is 15.3. The van der Waals surface area contributed by atoms with E-state index in [1.807, 2.05) is 0 Å². The molecule has 1 aromatic rings. The Morgan fingerprint density at radius 2 is 2.06 bits per heavy atom. The molecule has 31 heavy (non-hydrogen) atoms. The van der Waals surface area contributed by atoms with E-state index in [2.05, 4.69) is 5.43 Å². The molecule has 3 heterocycles. The average Bonchev–Trinajstić information content (AvgIpc) is 3.37. The Balaban J connectivity index is 2.26. The molecule has 0 radical (unpaired) electrons. The van der Waals surface area contributed by atoms with Gasteiger partial charge in [-0.1, -0.05) is 6.92 Å². The minimum atomic E-state index is -2.71. The number of primary amides is 1. The monoisotopic (exact) mass is 436 g/mol. The van der Waals surface area contributed by atoms with Crippen LogP contribution in [0.3, 0.4) is 0 Å². The molecule has 2 atom stereocenters. The number of esters is 2. The molecule has 2 aliphatic heterocycles. The Hall–Kier alpha value is -3.54. The van der Waals surface area contributed by atoms with Crippen LogP contribution in [0.4, 0.5) is 4.79 Å². The fraction of sp³-hybridized carbons (Fsp3) is 0.474. The van der Waals surface area contributed by atoms with Gasteiger partial charge in [-0.3, -0.25) is 9.59 Å². The third kappa shape index (κ3) is 3.02. The van der Waals surface area contributed by atoms with Crippen LogP contribution in [0.5, 0.6) is 0 Å². The number of hydrogen-bond acceptors (Lipinski definition) is 9. The van der Waals surface area contributed by atoms with Gasteiger partial charge in [0.25, 0.3) is 11.6 Å². The van der Waals surface area contributed by atoms with Gasteiger partial charge in [-0.15, -0.1) is 0 Å². The van der Waals surface area contributed by atoms with Gasteiger partial charge in [-0.2, -0.15) is 0 Å². The van der Waals surface area contributed by atoms with Crippen molar-refractivity contribution in [2.24, 2.45) is 11.1 Å². The molecular formula is C19H24N4O8. The second-order valence-electron chi connectivity index (χ2n) is 7.02. The van der Waals surface area contributed by atoms with Crippen LogP contribution in [0.25, 0.3) is 0 Å². The lowest BCUT2D eigenvalue weighted by molar-refractivity contribution is -0.190. The summed E-state index contributed by atoms with van der Waals surface area (Å²) >= 11 is 0. The molecule has 2 unspecified atom stereocenters. The van der Waals surface area contributed by atoms with Gasteiger partial charge in [0, 0.05) is 6.54 Å². The van der Waals surface area contributed by atoms with Crippen LogP contribution in [-0.4, -0.2) is 64.9 Å². The van der Waals surface area contributed by atoms with E-state index in [0.29, 0.717) is 5.76 Å². The highest BCUT2D eigenvalue weighted by Gasteiger charge is 2.79. The molecule has 12 nitrogen and oxygen atoms in total. The maximum atomic E-state index is 13.5. The van der Waals surface area contributed by atoms with Crippen molar-refractivity contribution in [3.05, 3.63) is 35.4 Å². The van der Waals surface area contributed by atoms with Gasteiger partial charge in [0.1, 0.15) is 5.76 Å². The number of fused-ring (bicyclic) bond motifs is 1. The number of methoxy groups -OCH3 is 1. The lowest BCUT2D eigenvalue weighted by Gasteiger charge is -2.38. The maximum Gasteiger partial charge on any atom is 0.337 e. The highest BCUT2D eigenvalue weighted by molar-refractivity contribution is 6.08. The summed E-state index contributed by atoms with van der Waals surface area (Å²) in [7, 11) is 1.10. The van der Waals surface area contributed by atoms with E-state index in [9.17, 15) is 24.3 Å². The minimum absolute atomic E-state index is 0.00667. The summed E-state index contributed by atoms with van der Waals surface area (Å²) in [5.74, 6) is -2.54. The van der Waals surface area contributed by atoms with Gasteiger partial charge in [-0.25, -0.2) is 20.0 Å². The van der Waals surface area contributed by atoms with E-state index >= 15 is 0 Å². The number of carbonyl (C=O) groups is 4. The van der Waals surface area contributed by atoms with E-state index in [1.165, 1.54) is 6.26 Å². The number of rotatable bonds is 7. The number of ether oxygens (including phenoxy) is 2. The topological polar surface area (TPSA) is 165 Å². The van der Waals surface area contributed by atoms with Crippen molar-refractivity contribution in [2.45, 2.75) is 32.5 Å². The van der Waals surface area contributed by atoms with Crippen LogP contribution in [0.2, 0.25) is 0 Å². The number of nitrogens with zero attached hydrogens (tertiary/aromatic N) is 2. The summed E-state index contributed by atoms with van der Waals surface area (Å²) in [5.41, 5.74) is 2.23. The van der Waals surface area contributed by atoms with Crippen LogP contribution in [-0.2, 0) is 30.4 Å². The van der Waals surface area contributed by atoms with Crippen molar-refractivity contribution in [1.29, 1.82) is 0 Å². The third-order valence-electron chi connectivity index (χ3n) is 5.41. The predicted molar refractivity (Wildman–Crippen MR) is 102 cm³/mol. The number of nitrogens with two attached hydrogens (primary N) is 1. The fourth-order valence-electron chi connectivity index (χ4n) is 4.23. The first-order chi connectivity index (χ1) is 14.7. The molecule has 0 saturated carbocycles. The largest absolute Gasteiger partial charge is 0.467 e. The van der Waals surface area contributed by atoms with E-state index < -0.39 is 41.6 Å². The number of nitrogens with one attached hydrogen (secondary N) is 1. The number of amides is 3. The van der Waals surface area contributed by atoms with E-state index in [-0.39, 0.29) is 30.8 Å². The van der Waals surface area contributed by atoms with Crippen LogP contribution in [0, 0.1) is 5.41 Å². The lowest BCUT2D eigenvalue weighted by atomic mass is 9.75. The van der Waals surface area contributed by atoms with Gasteiger partial charge in [0.05, 0.1) is 37.8 Å². The molecule has 0 bridgehead atoms. The molecule has 2 aliphatic rings. The molecule has 0 spiro atoms. The maximum absolute atomic E-state index is 13.5. The number of urea groups is 1. The lowest BCUT2D eigenvalue weighted by Crippen LogP contribution is -2.66. The molecule has 0 aromatic carbocycles. The van der Waals surface area contributed by atoms with E-state index in [4.69, 9.17) is 19.6 Å². The molecule has 1 fully saturated rings. The number of carbonyl (C=O) groups excluding carboxylic acids is 4. The van der Waals surface area contributed by atoms with Crippen LogP contribution in [0.1, 0.15) is 26.0 Å². The molecule has 12 heteroatoms. The first-order valence-electron chi connectivity index (χ1n) is 9.58. The minimum Gasteiger partial charge on any atom is -0.467 e. The summed E-state index contributed by atoms with van der Waals surface area (Å²) in [5, 5.41) is 12.5. The number of hydrogen-bond donors (Lipinski definition) is 3. The first-order valence-corrected chi connectivity index (χ1v) is 9.58. The fourth-order valence-corrected chi connectivity index (χ4v) is 4.23. The Morgan fingerprint density at radius 3 is 2.58 bits per heavy atom. The van der Waals surface area contributed by atoms with E-state index in [1.54, 1.807) is 26.0 Å². The molecule has 168 valence electrons. The summed E-state index contributed by atoms with van der Waals surface area (Å²) in [6.45, 7) is 2.55. The van der Waals surface area contributed by atoms with Gasteiger partial charge in [-0.05, 0) is 25.5 Å². The Labute approximate surface area is 177 Å². The zero-order valence-electron chi connectivity index (χ0n) is 17.3. The number of aliphatic hydroxyl groups is 1. The van der Waals surface area contributed by atoms with Crippen molar-refractivity contribution >= 4 is 23.9 Å². The quantitative estimate of drug-likeness (QED) is 0.482. The highest BCUT2D eigenvalue weighted by atomic mass is 16.5. The van der Waals surface area contributed by atoms with Gasteiger partial charge in [0.2, 0.25) is 0 Å². The molecule has 1 saturated heterocycles. The summed E-state index contributed by atoms with van der Waals surface area (Å²) in [6, 6.07) is 2.11. The number of hydrazine groups is 1. The Bertz CT molecular complexity index is 943. The highest BCUT2D eigenvalue weighted by Crippen LogP contribution is 2.56. The number of furan rings is 1. The van der Waals surface area contributed by atoms with Gasteiger partial charge < -0.3 is 29.6 Å². The predicted octanol–water partition coefficient (Wildman–Crippen LogP) is -0.404. The van der Waals surface area contributed by atoms with Crippen molar-refractivity contribution in [1.82, 2.24) is 15.3 Å². The van der Waals surface area contributed by atoms with Crippen molar-refractivity contribution < 1.29 is 38.2 Å². The number of likely N-dealkylation sites (tertiary alicyclic amines) is 1. The zero-order chi connectivity index (χ0) is 23.0. The second-order valence-corrected chi connectivity index (χ2v) is 7.02.